The highest BCUT2D eigenvalue weighted by Gasteiger charge is 2.32. The summed E-state index contributed by atoms with van der Waals surface area (Å²) in [5, 5.41) is 0. The van der Waals surface area contributed by atoms with Crippen LogP contribution in [0.5, 0.6) is 0 Å². The van der Waals surface area contributed by atoms with Gasteiger partial charge in [0.15, 0.2) is 0 Å². The molecule has 4 heteroatoms. The van der Waals surface area contributed by atoms with Gasteiger partial charge in [0.1, 0.15) is 5.60 Å². The van der Waals surface area contributed by atoms with Crippen LogP contribution in [0.1, 0.15) is 53.4 Å². The minimum Gasteiger partial charge on any atom is -0.444 e. The largest absolute Gasteiger partial charge is 0.444 e. The van der Waals surface area contributed by atoms with Crippen molar-refractivity contribution in [2.24, 2.45) is 5.73 Å². The Balaban J connectivity index is 2.62. The topological polar surface area (TPSA) is 55.6 Å². The lowest BCUT2D eigenvalue weighted by Gasteiger charge is -2.39. The van der Waals surface area contributed by atoms with Crippen LogP contribution < -0.4 is 5.73 Å². The summed E-state index contributed by atoms with van der Waals surface area (Å²) < 4.78 is 5.44. The van der Waals surface area contributed by atoms with Crippen molar-refractivity contribution in [3.05, 3.63) is 0 Å². The molecule has 0 radical (unpaired) electrons. The zero-order valence-corrected chi connectivity index (χ0v) is 11.5. The first-order valence-corrected chi connectivity index (χ1v) is 6.58. The summed E-state index contributed by atoms with van der Waals surface area (Å²) >= 11 is 0. The van der Waals surface area contributed by atoms with Gasteiger partial charge in [0.05, 0.1) is 0 Å². The normalized spacial score (nSPS) is 25.8. The van der Waals surface area contributed by atoms with Crippen molar-refractivity contribution in [2.45, 2.75) is 71.1 Å². The van der Waals surface area contributed by atoms with Crippen LogP contribution in [0.25, 0.3) is 0 Å². The van der Waals surface area contributed by atoms with Gasteiger partial charge in [-0.3, -0.25) is 0 Å². The van der Waals surface area contributed by atoms with E-state index in [-0.39, 0.29) is 18.2 Å². The Bertz CT molecular complexity index is 261. The molecule has 1 aliphatic heterocycles. The van der Waals surface area contributed by atoms with E-state index in [1.165, 1.54) is 0 Å². The number of rotatable bonds is 2. The van der Waals surface area contributed by atoms with E-state index in [0.29, 0.717) is 0 Å². The maximum atomic E-state index is 12.1. The van der Waals surface area contributed by atoms with Gasteiger partial charge in [0.25, 0.3) is 0 Å². The SMILES string of the molecule is CCCC1CC(N)CCN1C(=O)OC(C)(C)C. The highest BCUT2D eigenvalue weighted by Crippen LogP contribution is 2.22. The van der Waals surface area contributed by atoms with Gasteiger partial charge >= 0.3 is 6.09 Å². The Morgan fingerprint density at radius 2 is 2.12 bits per heavy atom. The average Bonchev–Trinajstić information content (AvgIpc) is 2.15. The number of carbonyl (C=O) groups is 1. The van der Waals surface area contributed by atoms with E-state index in [0.717, 1.165) is 32.2 Å². The Morgan fingerprint density at radius 1 is 1.47 bits per heavy atom. The van der Waals surface area contributed by atoms with Gasteiger partial charge in [-0.15, -0.1) is 0 Å². The van der Waals surface area contributed by atoms with E-state index in [2.05, 4.69) is 6.92 Å². The second-order valence-corrected chi connectivity index (χ2v) is 5.90. The van der Waals surface area contributed by atoms with Gasteiger partial charge in [-0.2, -0.15) is 0 Å². The van der Waals surface area contributed by atoms with E-state index in [1.807, 2.05) is 25.7 Å². The molecular formula is C13H26N2O2. The van der Waals surface area contributed by atoms with E-state index in [1.54, 1.807) is 0 Å². The third-order valence-corrected chi connectivity index (χ3v) is 3.01. The van der Waals surface area contributed by atoms with Crippen LogP contribution in [0.2, 0.25) is 0 Å². The number of amides is 1. The van der Waals surface area contributed by atoms with Crippen LogP contribution in [0.15, 0.2) is 0 Å². The molecule has 0 saturated carbocycles. The van der Waals surface area contributed by atoms with Gasteiger partial charge in [0.2, 0.25) is 0 Å². The molecule has 1 fully saturated rings. The van der Waals surface area contributed by atoms with Gasteiger partial charge in [-0.05, 0) is 40.0 Å². The third-order valence-electron chi connectivity index (χ3n) is 3.01. The molecule has 0 bridgehead atoms. The summed E-state index contributed by atoms with van der Waals surface area (Å²) in [7, 11) is 0. The van der Waals surface area contributed by atoms with E-state index < -0.39 is 5.60 Å². The fourth-order valence-corrected chi connectivity index (χ4v) is 2.25. The lowest BCUT2D eigenvalue weighted by Crippen LogP contribution is -2.51. The van der Waals surface area contributed by atoms with Crippen molar-refractivity contribution < 1.29 is 9.53 Å². The zero-order chi connectivity index (χ0) is 13.1. The molecular weight excluding hydrogens is 216 g/mol. The molecule has 0 aromatic carbocycles. The number of nitrogens with zero attached hydrogens (tertiary/aromatic N) is 1. The van der Waals surface area contributed by atoms with Crippen molar-refractivity contribution in [3.63, 3.8) is 0 Å². The molecule has 1 heterocycles. The van der Waals surface area contributed by atoms with Gasteiger partial charge in [0, 0.05) is 18.6 Å². The highest BCUT2D eigenvalue weighted by molar-refractivity contribution is 5.68. The zero-order valence-electron chi connectivity index (χ0n) is 11.5. The van der Waals surface area contributed by atoms with Gasteiger partial charge in [-0.25, -0.2) is 4.79 Å². The summed E-state index contributed by atoms with van der Waals surface area (Å²) in [5.41, 5.74) is 5.54. The first kappa shape index (κ1) is 14.3. The number of piperidine rings is 1. The number of hydrogen-bond donors (Lipinski definition) is 1. The maximum Gasteiger partial charge on any atom is 0.410 e. The lowest BCUT2D eigenvalue weighted by molar-refractivity contribution is 0.00724. The molecule has 0 spiro atoms. The van der Waals surface area contributed by atoms with Gasteiger partial charge in [-0.1, -0.05) is 13.3 Å². The van der Waals surface area contributed by atoms with Crippen molar-refractivity contribution in [1.82, 2.24) is 4.90 Å². The van der Waals surface area contributed by atoms with Crippen molar-refractivity contribution in [2.75, 3.05) is 6.54 Å². The number of likely N-dealkylation sites (tertiary alicyclic amines) is 1. The second-order valence-electron chi connectivity index (χ2n) is 5.90. The van der Waals surface area contributed by atoms with Crippen molar-refractivity contribution >= 4 is 6.09 Å². The standard InChI is InChI=1S/C13H26N2O2/c1-5-6-11-9-10(14)7-8-15(11)12(16)17-13(2,3)4/h10-11H,5-9,14H2,1-4H3. The van der Waals surface area contributed by atoms with Crippen LogP contribution in [0, 0.1) is 0 Å². The van der Waals surface area contributed by atoms with Gasteiger partial charge < -0.3 is 15.4 Å². The molecule has 2 N–H and O–H groups in total. The third kappa shape index (κ3) is 4.54. The van der Waals surface area contributed by atoms with Crippen LogP contribution in [-0.4, -0.2) is 35.2 Å². The molecule has 1 aliphatic rings. The Labute approximate surface area is 104 Å². The molecule has 2 atom stereocenters. The predicted octanol–water partition coefficient (Wildman–Crippen LogP) is 2.51. The van der Waals surface area contributed by atoms with Crippen LogP contribution in [-0.2, 0) is 4.74 Å². The number of carbonyl (C=O) groups excluding carboxylic acids is 1. The molecule has 0 aromatic rings. The maximum absolute atomic E-state index is 12.1. The van der Waals surface area contributed by atoms with E-state index >= 15 is 0 Å². The van der Waals surface area contributed by atoms with Crippen LogP contribution in [0.3, 0.4) is 0 Å². The van der Waals surface area contributed by atoms with Crippen LogP contribution in [0.4, 0.5) is 4.79 Å². The minimum atomic E-state index is -0.423. The fraction of sp³-hybridized carbons (Fsp3) is 0.923. The molecule has 0 aromatic heterocycles. The van der Waals surface area contributed by atoms with Crippen LogP contribution >= 0.6 is 0 Å². The predicted molar refractivity (Wildman–Crippen MR) is 68.8 cm³/mol. The first-order valence-electron chi connectivity index (χ1n) is 6.58. The lowest BCUT2D eigenvalue weighted by atomic mass is 9.95. The minimum absolute atomic E-state index is 0.192. The monoisotopic (exact) mass is 242 g/mol. The molecule has 100 valence electrons. The quantitative estimate of drug-likeness (QED) is 0.809. The molecule has 0 aliphatic carbocycles. The smallest absolute Gasteiger partial charge is 0.410 e. The summed E-state index contributed by atoms with van der Waals surface area (Å²) in [6, 6.07) is 0.476. The number of ether oxygens (including phenoxy) is 1. The fourth-order valence-electron chi connectivity index (χ4n) is 2.25. The summed E-state index contributed by atoms with van der Waals surface area (Å²) in [6.45, 7) is 8.55. The van der Waals surface area contributed by atoms with Crippen molar-refractivity contribution in [1.29, 1.82) is 0 Å². The Hall–Kier alpha value is -0.770. The molecule has 1 rings (SSSR count). The number of nitrogens with two attached hydrogens (primary N) is 1. The Morgan fingerprint density at radius 3 is 2.65 bits per heavy atom. The number of hydrogen-bond acceptors (Lipinski definition) is 3. The summed E-state index contributed by atoms with van der Waals surface area (Å²) in [5.74, 6) is 0. The second kappa shape index (κ2) is 5.71. The molecule has 2 unspecified atom stereocenters. The highest BCUT2D eigenvalue weighted by atomic mass is 16.6. The molecule has 17 heavy (non-hydrogen) atoms. The van der Waals surface area contributed by atoms with Crippen molar-refractivity contribution in [3.8, 4) is 0 Å². The summed E-state index contributed by atoms with van der Waals surface area (Å²) in [6.07, 6.45) is 3.65. The molecule has 1 saturated heterocycles. The average molecular weight is 242 g/mol. The first-order chi connectivity index (χ1) is 7.83. The Kier molecular flexibility index (Phi) is 4.80. The van der Waals surface area contributed by atoms with E-state index in [4.69, 9.17) is 10.5 Å². The summed E-state index contributed by atoms with van der Waals surface area (Å²) in [4.78, 5) is 13.9. The van der Waals surface area contributed by atoms with E-state index in [9.17, 15) is 4.79 Å². The molecule has 4 nitrogen and oxygen atoms in total. The molecule has 1 amide bonds.